The SMILES string of the molecule is COc1ccc(S(=O)(=O)N2CCN(C(=S)Nc3cc(Cl)cc(Cl)c3)CC2)cc1. The number of nitrogens with one attached hydrogen (secondary N) is 1. The van der Waals surface area contributed by atoms with E-state index in [1.54, 1.807) is 42.5 Å². The van der Waals surface area contributed by atoms with E-state index in [-0.39, 0.29) is 4.90 Å². The van der Waals surface area contributed by atoms with Gasteiger partial charge in [-0.2, -0.15) is 4.31 Å². The van der Waals surface area contributed by atoms with Crippen molar-refractivity contribution in [3.63, 3.8) is 0 Å². The molecular weight excluding hydrogens is 441 g/mol. The summed E-state index contributed by atoms with van der Waals surface area (Å²) in [5.74, 6) is 0.612. The molecule has 150 valence electrons. The van der Waals surface area contributed by atoms with E-state index >= 15 is 0 Å². The van der Waals surface area contributed by atoms with E-state index in [0.29, 0.717) is 52.8 Å². The molecule has 0 radical (unpaired) electrons. The summed E-state index contributed by atoms with van der Waals surface area (Å²) in [4.78, 5) is 2.17. The molecule has 1 aliphatic rings. The molecule has 0 aromatic heterocycles. The van der Waals surface area contributed by atoms with Gasteiger partial charge in [0.15, 0.2) is 5.11 Å². The minimum atomic E-state index is -3.55. The molecular formula is C18H19Cl2N3O3S2. The maximum absolute atomic E-state index is 12.8. The summed E-state index contributed by atoms with van der Waals surface area (Å²) >= 11 is 17.4. The lowest BCUT2D eigenvalue weighted by molar-refractivity contribution is 0.268. The molecule has 2 aromatic carbocycles. The second-order valence-corrected chi connectivity index (χ2v) is 9.35. The minimum Gasteiger partial charge on any atom is -0.497 e. The minimum absolute atomic E-state index is 0.246. The number of thiocarbonyl (C=S) groups is 1. The Balaban J connectivity index is 1.62. The van der Waals surface area contributed by atoms with Gasteiger partial charge in [0.05, 0.1) is 12.0 Å². The number of methoxy groups -OCH3 is 1. The Morgan fingerprint density at radius 2 is 1.61 bits per heavy atom. The lowest BCUT2D eigenvalue weighted by atomic mass is 10.3. The van der Waals surface area contributed by atoms with E-state index in [4.69, 9.17) is 40.2 Å². The number of hydrogen-bond donors (Lipinski definition) is 1. The van der Waals surface area contributed by atoms with Crippen LogP contribution in [0.15, 0.2) is 47.4 Å². The van der Waals surface area contributed by atoms with Gasteiger partial charge in [-0.15, -0.1) is 0 Å². The van der Waals surface area contributed by atoms with Gasteiger partial charge in [0.2, 0.25) is 10.0 Å². The Bertz CT molecular complexity index is 940. The van der Waals surface area contributed by atoms with Gasteiger partial charge in [0.1, 0.15) is 5.75 Å². The molecule has 0 bridgehead atoms. The molecule has 0 atom stereocenters. The van der Waals surface area contributed by atoms with Gasteiger partial charge in [0, 0.05) is 41.9 Å². The van der Waals surface area contributed by atoms with Crippen LogP contribution in [-0.4, -0.2) is 56.0 Å². The standard InChI is InChI=1S/C18H19Cl2N3O3S2/c1-26-16-2-4-17(5-3-16)28(24,25)23-8-6-22(7-9-23)18(27)21-15-11-13(19)10-14(20)12-15/h2-5,10-12H,6-9H2,1H3,(H,21,27). The predicted molar refractivity (Wildman–Crippen MR) is 116 cm³/mol. The van der Waals surface area contributed by atoms with Crippen molar-refractivity contribution >= 4 is 56.2 Å². The Kier molecular flexibility index (Phi) is 6.67. The molecule has 2 aromatic rings. The van der Waals surface area contributed by atoms with E-state index in [1.807, 2.05) is 4.90 Å². The zero-order chi connectivity index (χ0) is 20.3. The van der Waals surface area contributed by atoms with Crippen molar-refractivity contribution in [1.82, 2.24) is 9.21 Å². The fourth-order valence-electron chi connectivity index (χ4n) is 2.86. The van der Waals surface area contributed by atoms with Crippen LogP contribution in [0.1, 0.15) is 0 Å². The molecule has 0 saturated carbocycles. The van der Waals surface area contributed by atoms with Crippen LogP contribution in [0.5, 0.6) is 5.75 Å². The van der Waals surface area contributed by atoms with Gasteiger partial charge in [-0.1, -0.05) is 23.2 Å². The monoisotopic (exact) mass is 459 g/mol. The largest absolute Gasteiger partial charge is 0.497 e. The first-order chi connectivity index (χ1) is 13.3. The predicted octanol–water partition coefficient (Wildman–Crippen LogP) is 3.71. The fraction of sp³-hybridized carbons (Fsp3) is 0.278. The zero-order valence-electron chi connectivity index (χ0n) is 15.1. The smallest absolute Gasteiger partial charge is 0.243 e. The molecule has 1 N–H and O–H groups in total. The van der Waals surface area contributed by atoms with Crippen LogP contribution < -0.4 is 10.1 Å². The highest BCUT2D eigenvalue weighted by molar-refractivity contribution is 7.89. The second kappa shape index (κ2) is 8.84. The van der Waals surface area contributed by atoms with E-state index < -0.39 is 10.0 Å². The summed E-state index contributed by atoms with van der Waals surface area (Å²) in [7, 11) is -2.02. The fourth-order valence-corrected chi connectivity index (χ4v) is 5.11. The highest BCUT2D eigenvalue weighted by Crippen LogP contribution is 2.24. The van der Waals surface area contributed by atoms with Crippen LogP contribution in [0.4, 0.5) is 5.69 Å². The highest BCUT2D eigenvalue weighted by atomic mass is 35.5. The second-order valence-electron chi connectivity index (χ2n) is 6.15. The summed E-state index contributed by atoms with van der Waals surface area (Å²) in [5, 5.41) is 4.61. The van der Waals surface area contributed by atoms with Crippen molar-refractivity contribution in [1.29, 1.82) is 0 Å². The lowest BCUT2D eigenvalue weighted by Gasteiger charge is -2.35. The molecule has 0 amide bonds. The van der Waals surface area contributed by atoms with Crippen molar-refractivity contribution in [3.05, 3.63) is 52.5 Å². The summed E-state index contributed by atoms with van der Waals surface area (Å²) in [5.41, 5.74) is 0.691. The highest BCUT2D eigenvalue weighted by Gasteiger charge is 2.29. The number of piperazine rings is 1. The molecule has 0 spiro atoms. The van der Waals surface area contributed by atoms with Gasteiger partial charge in [0.25, 0.3) is 0 Å². The molecule has 0 aliphatic carbocycles. The summed E-state index contributed by atoms with van der Waals surface area (Å²) < 4.78 is 32.2. The maximum Gasteiger partial charge on any atom is 0.243 e. The number of sulfonamides is 1. The topological polar surface area (TPSA) is 61.9 Å². The first-order valence-corrected chi connectivity index (χ1v) is 11.1. The molecule has 1 saturated heterocycles. The van der Waals surface area contributed by atoms with Crippen LogP contribution in [0.2, 0.25) is 10.0 Å². The molecule has 28 heavy (non-hydrogen) atoms. The van der Waals surface area contributed by atoms with Crippen molar-refractivity contribution in [2.24, 2.45) is 0 Å². The van der Waals surface area contributed by atoms with Crippen LogP contribution >= 0.6 is 35.4 Å². The Labute approximate surface area is 180 Å². The van der Waals surface area contributed by atoms with Gasteiger partial charge in [-0.25, -0.2) is 8.42 Å². The third-order valence-corrected chi connectivity index (χ3v) is 7.05. The number of anilines is 1. The zero-order valence-corrected chi connectivity index (χ0v) is 18.2. The van der Waals surface area contributed by atoms with Crippen molar-refractivity contribution in [2.45, 2.75) is 4.90 Å². The molecule has 1 aliphatic heterocycles. The van der Waals surface area contributed by atoms with Gasteiger partial charge in [-0.3, -0.25) is 0 Å². The average molecular weight is 460 g/mol. The van der Waals surface area contributed by atoms with Crippen LogP contribution in [0.25, 0.3) is 0 Å². The van der Waals surface area contributed by atoms with Crippen LogP contribution in [0, 0.1) is 0 Å². The molecule has 10 heteroatoms. The van der Waals surface area contributed by atoms with Crippen molar-refractivity contribution in [2.75, 3.05) is 38.6 Å². The molecule has 6 nitrogen and oxygen atoms in total. The number of halogens is 2. The van der Waals surface area contributed by atoms with E-state index in [9.17, 15) is 8.42 Å². The Morgan fingerprint density at radius 3 is 2.14 bits per heavy atom. The first-order valence-electron chi connectivity index (χ1n) is 8.46. The summed E-state index contributed by atoms with van der Waals surface area (Å²) in [6.45, 7) is 1.64. The number of rotatable bonds is 4. The maximum atomic E-state index is 12.8. The number of benzene rings is 2. The van der Waals surface area contributed by atoms with Gasteiger partial charge < -0.3 is 15.0 Å². The molecule has 0 unspecified atom stereocenters. The molecule has 1 fully saturated rings. The number of nitrogens with zero attached hydrogens (tertiary/aromatic N) is 2. The van der Waals surface area contributed by atoms with Gasteiger partial charge >= 0.3 is 0 Å². The molecule has 3 rings (SSSR count). The lowest BCUT2D eigenvalue weighted by Crippen LogP contribution is -2.51. The number of hydrogen-bond acceptors (Lipinski definition) is 4. The Morgan fingerprint density at radius 1 is 1.04 bits per heavy atom. The van der Waals surface area contributed by atoms with E-state index in [1.165, 1.54) is 11.4 Å². The molecule has 1 heterocycles. The van der Waals surface area contributed by atoms with Crippen LogP contribution in [-0.2, 0) is 10.0 Å². The normalized spacial score (nSPS) is 15.3. The van der Waals surface area contributed by atoms with Crippen molar-refractivity contribution in [3.8, 4) is 5.75 Å². The third-order valence-electron chi connectivity index (χ3n) is 4.34. The Hall–Kier alpha value is -1.58. The van der Waals surface area contributed by atoms with E-state index in [2.05, 4.69) is 5.32 Å². The summed E-state index contributed by atoms with van der Waals surface area (Å²) in [6.07, 6.45) is 0. The number of ether oxygens (including phenoxy) is 1. The first kappa shape index (κ1) is 21.1. The van der Waals surface area contributed by atoms with Crippen molar-refractivity contribution < 1.29 is 13.2 Å². The van der Waals surface area contributed by atoms with E-state index in [0.717, 1.165) is 0 Å². The van der Waals surface area contributed by atoms with Crippen LogP contribution in [0.3, 0.4) is 0 Å². The third kappa shape index (κ3) is 4.87. The average Bonchev–Trinajstić information content (AvgIpc) is 2.67. The quantitative estimate of drug-likeness (QED) is 0.703. The summed E-state index contributed by atoms with van der Waals surface area (Å²) in [6, 6.07) is 11.5. The van der Waals surface area contributed by atoms with Gasteiger partial charge in [-0.05, 0) is 54.7 Å².